The zero-order valence-electron chi connectivity index (χ0n) is 20.3. The Balaban J connectivity index is 5.44. The fourth-order valence-electron chi connectivity index (χ4n) is 4.43. The van der Waals surface area contributed by atoms with E-state index in [1.807, 2.05) is 0 Å². The zero-order chi connectivity index (χ0) is 20.8. The van der Waals surface area contributed by atoms with E-state index in [1.165, 1.54) is 51.4 Å². The van der Waals surface area contributed by atoms with Crippen LogP contribution in [0.2, 0.25) is 33.0 Å². The Kier molecular flexibility index (Phi) is 15.0. The SMILES string of the molecule is CCC[CH2][Sn](/[CH]=C/CC(CC)(CCC)O[Si](C)(C)C)([CH2]CCC)[CH2]CCC. The minimum absolute atomic E-state index is 0.0909. The second-order valence-corrected chi connectivity index (χ2v) is 27.2. The predicted octanol–water partition coefficient (Wildman–Crippen LogP) is 9.12. The Labute approximate surface area is 178 Å². The van der Waals surface area contributed by atoms with Crippen LogP contribution < -0.4 is 0 Å². The zero-order valence-corrected chi connectivity index (χ0v) is 24.1. The minimum atomic E-state index is -2.15. The predicted molar refractivity (Wildman–Crippen MR) is 131 cm³/mol. The number of rotatable bonds is 17. The van der Waals surface area contributed by atoms with Crippen molar-refractivity contribution in [2.24, 2.45) is 0 Å². The number of unbranched alkanes of at least 4 members (excludes halogenated alkanes) is 3. The average Bonchev–Trinajstić information content (AvgIpc) is 2.61. The molecule has 0 amide bonds. The van der Waals surface area contributed by atoms with Gasteiger partial charge in [0, 0.05) is 0 Å². The quantitative estimate of drug-likeness (QED) is 0.180. The summed E-state index contributed by atoms with van der Waals surface area (Å²) in [7, 11) is -1.53. The van der Waals surface area contributed by atoms with Gasteiger partial charge >= 0.3 is 179 Å². The van der Waals surface area contributed by atoms with Gasteiger partial charge in [-0.25, -0.2) is 0 Å². The molecule has 0 bridgehead atoms. The van der Waals surface area contributed by atoms with Crippen LogP contribution in [-0.4, -0.2) is 32.3 Å². The molecule has 0 saturated heterocycles. The third-order valence-corrected chi connectivity index (χ3v) is 21.2. The Hall–Kier alpha value is 0.716. The van der Waals surface area contributed by atoms with E-state index in [4.69, 9.17) is 4.43 Å². The van der Waals surface area contributed by atoms with Crippen molar-refractivity contribution in [1.29, 1.82) is 0 Å². The fourth-order valence-corrected chi connectivity index (χ4v) is 20.4. The van der Waals surface area contributed by atoms with Crippen molar-refractivity contribution >= 4 is 26.7 Å². The van der Waals surface area contributed by atoms with Crippen molar-refractivity contribution in [3.8, 4) is 0 Å². The van der Waals surface area contributed by atoms with Crippen LogP contribution in [0.5, 0.6) is 0 Å². The second kappa shape index (κ2) is 14.7. The maximum absolute atomic E-state index is 6.78. The van der Waals surface area contributed by atoms with E-state index >= 15 is 0 Å². The Bertz CT molecular complexity index is 367. The maximum atomic E-state index is 6.78. The van der Waals surface area contributed by atoms with Crippen LogP contribution in [0.1, 0.15) is 98.8 Å². The van der Waals surface area contributed by atoms with Crippen molar-refractivity contribution in [1.82, 2.24) is 0 Å². The molecule has 0 spiro atoms. The molecule has 0 aliphatic heterocycles. The van der Waals surface area contributed by atoms with Gasteiger partial charge in [0.2, 0.25) is 0 Å². The standard InChI is InChI=1S/C12H25OSi.3C4H9.Sn/c1-7-10-12(9-3,11-8-2)13-14(4,5)6;3*1-3-4-2;/h1,7H,8-11H2,2-6H3;3*1,3-4H2,2H3;. The van der Waals surface area contributed by atoms with Crippen LogP contribution >= 0.6 is 0 Å². The first-order chi connectivity index (χ1) is 12.7. The topological polar surface area (TPSA) is 9.23 Å². The third-order valence-electron chi connectivity index (χ3n) is 5.92. The molecule has 0 aliphatic rings. The number of hydrogen-bond donors (Lipinski definition) is 0. The van der Waals surface area contributed by atoms with Crippen molar-refractivity contribution in [3.63, 3.8) is 0 Å². The molecule has 1 nitrogen and oxygen atoms in total. The molecule has 27 heavy (non-hydrogen) atoms. The summed E-state index contributed by atoms with van der Waals surface area (Å²) >= 11 is -2.15. The van der Waals surface area contributed by atoms with Gasteiger partial charge in [-0.1, -0.05) is 0 Å². The molecule has 1 unspecified atom stereocenters. The first-order valence-electron chi connectivity index (χ1n) is 12.1. The molecule has 0 aromatic carbocycles. The molecule has 0 fully saturated rings. The van der Waals surface area contributed by atoms with Gasteiger partial charge in [0.05, 0.1) is 0 Å². The van der Waals surface area contributed by atoms with Crippen LogP contribution in [0.3, 0.4) is 0 Å². The summed E-state index contributed by atoms with van der Waals surface area (Å²) in [5, 5.41) is 0. The molecule has 0 radical (unpaired) electrons. The molecule has 0 N–H and O–H groups in total. The van der Waals surface area contributed by atoms with E-state index in [9.17, 15) is 0 Å². The van der Waals surface area contributed by atoms with Crippen LogP contribution in [0.25, 0.3) is 0 Å². The van der Waals surface area contributed by atoms with Gasteiger partial charge in [-0.05, 0) is 0 Å². The van der Waals surface area contributed by atoms with E-state index in [0.29, 0.717) is 0 Å². The van der Waals surface area contributed by atoms with Crippen molar-refractivity contribution in [2.45, 2.75) is 137 Å². The summed E-state index contributed by atoms with van der Waals surface area (Å²) in [5.41, 5.74) is 0.0909. The summed E-state index contributed by atoms with van der Waals surface area (Å²) in [5.74, 6) is 0. The van der Waals surface area contributed by atoms with Crippen LogP contribution in [0, 0.1) is 0 Å². The molecule has 1 atom stereocenters. The van der Waals surface area contributed by atoms with Crippen molar-refractivity contribution < 1.29 is 4.43 Å². The molecular formula is C24H52OSiSn. The summed E-state index contributed by atoms with van der Waals surface area (Å²) in [6.45, 7) is 18.8. The van der Waals surface area contributed by atoms with Gasteiger partial charge in [0.15, 0.2) is 0 Å². The average molecular weight is 503 g/mol. The normalized spacial score (nSPS) is 15.4. The third kappa shape index (κ3) is 12.1. The van der Waals surface area contributed by atoms with Crippen LogP contribution in [0.15, 0.2) is 10.2 Å². The van der Waals surface area contributed by atoms with E-state index in [-0.39, 0.29) is 5.60 Å². The molecule has 162 valence electrons. The first kappa shape index (κ1) is 27.7. The number of hydrogen-bond acceptors (Lipinski definition) is 1. The molecule has 3 heteroatoms. The summed E-state index contributed by atoms with van der Waals surface area (Å²) < 4.78 is 14.4. The van der Waals surface area contributed by atoms with Gasteiger partial charge in [-0.3, -0.25) is 0 Å². The summed E-state index contributed by atoms with van der Waals surface area (Å²) in [6, 6.07) is 0. The molecule has 0 rings (SSSR count). The monoisotopic (exact) mass is 504 g/mol. The Morgan fingerprint density at radius 2 is 1.26 bits per heavy atom. The van der Waals surface area contributed by atoms with Gasteiger partial charge in [0.1, 0.15) is 0 Å². The van der Waals surface area contributed by atoms with Gasteiger partial charge < -0.3 is 0 Å². The summed E-state index contributed by atoms with van der Waals surface area (Å²) in [6.07, 6.45) is 15.8. The molecule has 0 saturated carbocycles. The molecule has 0 aliphatic carbocycles. The van der Waals surface area contributed by atoms with E-state index in [0.717, 1.165) is 12.8 Å². The molecule has 0 aromatic heterocycles. The second-order valence-electron chi connectivity index (χ2n) is 9.78. The van der Waals surface area contributed by atoms with E-state index in [2.05, 4.69) is 64.4 Å². The molecule has 0 heterocycles. The first-order valence-corrected chi connectivity index (χ1v) is 23.2. The van der Waals surface area contributed by atoms with Gasteiger partial charge in [-0.15, -0.1) is 0 Å². The van der Waals surface area contributed by atoms with E-state index < -0.39 is 26.7 Å². The molecular weight excluding hydrogens is 451 g/mol. The van der Waals surface area contributed by atoms with Gasteiger partial charge in [-0.2, -0.15) is 0 Å². The summed E-state index contributed by atoms with van der Waals surface area (Å²) in [4.78, 5) is 0. The fraction of sp³-hybridized carbons (Fsp3) is 0.917. The van der Waals surface area contributed by atoms with Gasteiger partial charge in [0.25, 0.3) is 0 Å². The molecule has 0 aromatic rings. The van der Waals surface area contributed by atoms with E-state index in [1.54, 1.807) is 13.3 Å². The van der Waals surface area contributed by atoms with Crippen molar-refractivity contribution in [2.75, 3.05) is 0 Å². The van der Waals surface area contributed by atoms with Crippen molar-refractivity contribution in [3.05, 3.63) is 10.2 Å². The van der Waals surface area contributed by atoms with Crippen LogP contribution in [0.4, 0.5) is 0 Å². The Morgan fingerprint density at radius 1 is 0.778 bits per heavy atom. The van der Waals surface area contributed by atoms with Crippen LogP contribution in [-0.2, 0) is 4.43 Å². The Morgan fingerprint density at radius 3 is 1.59 bits per heavy atom.